The SMILES string of the molecule is Cc1ccc(C(=O)CN2CCCC(C)CC2)cc1C. The minimum atomic E-state index is 0.262. The van der Waals surface area contributed by atoms with Gasteiger partial charge in [0.2, 0.25) is 0 Å². The van der Waals surface area contributed by atoms with Gasteiger partial charge in [-0.3, -0.25) is 9.69 Å². The van der Waals surface area contributed by atoms with Crippen LogP contribution in [0, 0.1) is 19.8 Å². The highest BCUT2D eigenvalue weighted by Crippen LogP contribution is 2.17. The Bertz CT molecular complexity index is 453. The van der Waals surface area contributed by atoms with Gasteiger partial charge in [0.05, 0.1) is 6.54 Å². The Balaban J connectivity index is 1.98. The molecule has 0 radical (unpaired) electrons. The highest BCUT2D eigenvalue weighted by atomic mass is 16.1. The Labute approximate surface area is 116 Å². The van der Waals surface area contributed by atoms with Crippen molar-refractivity contribution in [3.8, 4) is 0 Å². The highest BCUT2D eigenvalue weighted by molar-refractivity contribution is 5.97. The van der Waals surface area contributed by atoms with Crippen molar-refractivity contribution in [1.29, 1.82) is 0 Å². The van der Waals surface area contributed by atoms with Crippen molar-refractivity contribution < 1.29 is 4.79 Å². The lowest BCUT2D eigenvalue weighted by atomic mass is 10.0. The third-order valence-corrected chi connectivity index (χ3v) is 4.31. The van der Waals surface area contributed by atoms with Crippen LogP contribution >= 0.6 is 0 Å². The van der Waals surface area contributed by atoms with Gasteiger partial charge < -0.3 is 0 Å². The van der Waals surface area contributed by atoms with Crippen LogP contribution in [-0.4, -0.2) is 30.3 Å². The molecule has 1 heterocycles. The fourth-order valence-corrected chi connectivity index (χ4v) is 2.69. The predicted octanol–water partition coefficient (Wildman–Crippen LogP) is 3.61. The van der Waals surface area contributed by atoms with E-state index in [1.54, 1.807) is 0 Å². The number of aryl methyl sites for hydroxylation is 2. The number of nitrogens with zero attached hydrogens (tertiary/aromatic N) is 1. The zero-order chi connectivity index (χ0) is 13.8. The van der Waals surface area contributed by atoms with E-state index in [2.05, 4.69) is 25.7 Å². The molecule has 0 aromatic heterocycles. The summed E-state index contributed by atoms with van der Waals surface area (Å²) < 4.78 is 0. The second-order valence-electron chi connectivity index (χ2n) is 6.03. The number of hydrogen-bond donors (Lipinski definition) is 0. The number of rotatable bonds is 3. The lowest BCUT2D eigenvalue weighted by Gasteiger charge is -2.19. The zero-order valence-electron chi connectivity index (χ0n) is 12.4. The molecule has 0 N–H and O–H groups in total. The van der Waals surface area contributed by atoms with Crippen molar-refractivity contribution in [3.63, 3.8) is 0 Å². The van der Waals surface area contributed by atoms with Crippen molar-refractivity contribution in [3.05, 3.63) is 34.9 Å². The molecule has 1 aromatic rings. The van der Waals surface area contributed by atoms with Crippen molar-refractivity contribution in [2.45, 2.75) is 40.0 Å². The maximum atomic E-state index is 12.3. The summed E-state index contributed by atoms with van der Waals surface area (Å²) in [5, 5.41) is 0. The lowest BCUT2D eigenvalue weighted by molar-refractivity contribution is 0.0932. The molecule has 19 heavy (non-hydrogen) atoms. The van der Waals surface area contributed by atoms with Crippen LogP contribution in [-0.2, 0) is 0 Å². The molecule has 1 saturated heterocycles. The van der Waals surface area contributed by atoms with Crippen LogP contribution < -0.4 is 0 Å². The largest absolute Gasteiger partial charge is 0.296 e. The first-order valence-corrected chi connectivity index (χ1v) is 7.39. The molecule has 1 unspecified atom stereocenters. The molecule has 104 valence electrons. The molecule has 1 fully saturated rings. The maximum Gasteiger partial charge on any atom is 0.176 e. The van der Waals surface area contributed by atoms with Crippen molar-refractivity contribution in [1.82, 2.24) is 4.90 Å². The molecule has 0 bridgehead atoms. The van der Waals surface area contributed by atoms with Gasteiger partial charge in [-0.25, -0.2) is 0 Å². The van der Waals surface area contributed by atoms with E-state index in [4.69, 9.17) is 0 Å². The van der Waals surface area contributed by atoms with Crippen LogP contribution in [0.4, 0.5) is 0 Å². The molecule has 0 amide bonds. The lowest BCUT2D eigenvalue weighted by Crippen LogP contribution is -2.31. The van der Waals surface area contributed by atoms with Gasteiger partial charge in [-0.15, -0.1) is 0 Å². The van der Waals surface area contributed by atoms with E-state index in [-0.39, 0.29) is 5.78 Å². The molecule has 1 aliphatic rings. The minimum absolute atomic E-state index is 0.262. The average Bonchev–Trinajstić information content (AvgIpc) is 2.58. The number of likely N-dealkylation sites (tertiary alicyclic amines) is 1. The van der Waals surface area contributed by atoms with Crippen molar-refractivity contribution >= 4 is 5.78 Å². The molecule has 1 aliphatic heterocycles. The van der Waals surface area contributed by atoms with E-state index in [9.17, 15) is 4.79 Å². The first-order chi connectivity index (χ1) is 9.06. The summed E-state index contributed by atoms with van der Waals surface area (Å²) in [4.78, 5) is 14.6. The number of hydrogen-bond acceptors (Lipinski definition) is 2. The van der Waals surface area contributed by atoms with Gasteiger partial charge in [0.15, 0.2) is 5.78 Å². The van der Waals surface area contributed by atoms with Crippen LogP contribution in [0.3, 0.4) is 0 Å². The van der Waals surface area contributed by atoms with Gasteiger partial charge in [-0.1, -0.05) is 19.1 Å². The van der Waals surface area contributed by atoms with E-state index >= 15 is 0 Å². The summed E-state index contributed by atoms with van der Waals surface area (Å²) >= 11 is 0. The summed E-state index contributed by atoms with van der Waals surface area (Å²) in [7, 11) is 0. The van der Waals surface area contributed by atoms with Gasteiger partial charge in [0, 0.05) is 5.56 Å². The number of carbonyl (C=O) groups excluding carboxylic acids is 1. The Hall–Kier alpha value is -1.15. The molecule has 0 spiro atoms. The number of benzene rings is 1. The summed E-state index contributed by atoms with van der Waals surface area (Å²) in [5.41, 5.74) is 3.32. The van der Waals surface area contributed by atoms with E-state index in [1.807, 2.05) is 18.2 Å². The van der Waals surface area contributed by atoms with Crippen LogP contribution in [0.15, 0.2) is 18.2 Å². The molecule has 0 aliphatic carbocycles. The molecule has 2 nitrogen and oxygen atoms in total. The molecule has 0 saturated carbocycles. The fourth-order valence-electron chi connectivity index (χ4n) is 2.69. The van der Waals surface area contributed by atoms with E-state index in [0.717, 1.165) is 24.6 Å². The molecule has 2 rings (SSSR count). The molecule has 2 heteroatoms. The van der Waals surface area contributed by atoms with Gasteiger partial charge >= 0.3 is 0 Å². The summed E-state index contributed by atoms with van der Waals surface area (Å²) in [6.45, 7) is 9.18. The second-order valence-corrected chi connectivity index (χ2v) is 6.03. The highest BCUT2D eigenvalue weighted by Gasteiger charge is 2.17. The van der Waals surface area contributed by atoms with Crippen LogP contribution in [0.2, 0.25) is 0 Å². The summed E-state index contributed by atoms with van der Waals surface area (Å²) in [5.74, 6) is 1.07. The summed E-state index contributed by atoms with van der Waals surface area (Å²) in [6, 6.07) is 6.04. The van der Waals surface area contributed by atoms with E-state index < -0.39 is 0 Å². The van der Waals surface area contributed by atoms with Gasteiger partial charge in [0.1, 0.15) is 0 Å². The smallest absolute Gasteiger partial charge is 0.176 e. The Morgan fingerprint density at radius 1 is 1.21 bits per heavy atom. The van der Waals surface area contributed by atoms with Crippen LogP contribution in [0.25, 0.3) is 0 Å². The van der Waals surface area contributed by atoms with Crippen LogP contribution in [0.5, 0.6) is 0 Å². The fraction of sp³-hybridized carbons (Fsp3) is 0.588. The normalized spacial score (nSPS) is 21.1. The molecular formula is C17H25NO. The van der Waals surface area contributed by atoms with E-state index in [0.29, 0.717) is 6.54 Å². The first kappa shape index (κ1) is 14.3. The monoisotopic (exact) mass is 259 g/mol. The quantitative estimate of drug-likeness (QED) is 0.773. The maximum absolute atomic E-state index is 12.3. The number of carbonyl (C=O) groups is 1. The molecule has 1 aromatic carbocycles. The second kappa shape index (κ2) is 6.33. The Morgan fingerprint density at radius 2 is 2.00 bits per heavy atom. The van der Waals surface area contributed by atoms with Gasteiger partial charge in [-0.2, -0.15) is 0 Å². The predicted molar refractivity (Wildman–Crippen MR) is 79.7 cm³/mol. The number of ketones is 1. The first-order valence-electron chi connectivity index (χ1n) is 7.39. The zero-order valence-corrected chi connectivity index (χ0v) is 12.4. The van der Waals surface area contributed by atoms with Crippen LogP contribution in [0.1, 0.15) is 47.7 Å². The third-order valence-electron chi connectivity index (χ3n) is 4.31. The van der Waals surface area contributed by atoms with Crippen molar-refractivity contribution in [2.75, 3.05) is 19.6 Å². The molecular weight excluding hydrogens is 234 g/mol. The topological polar surface area (TPSA) is 20.3 Å². The van der Waals surface area contributed by atoms with Crippen molar-refractivity contribution in [2.24, 2.45) is 5.92 Å². The Morgan fingerprint density at radius 3 is 2.74 bits per heavy atom. The summed E-state index contributed by atoms with van der Waals surface area (Å²) in [6.07, 6.45) is 3.75. The van der Waals surface area contributed by atoms with Gasteiger partial charge in [0.25, 0.3) is 0 Å². The minimum Gasteiger partial charge on any atom is -0.296 e. The Kier molecular flexibility index (Phi) is 4.76. The standard InChI is InChI=1S/C17H25NO/c1-13-5-4-9-18(10-8-13)12-17(19)16-7-6-14(2)15(3)11-16/h6-7,11,13H,4-5,8-10,12H2,1-3H3. The third kappa shape index (κ3) is 3.90. The van der Waals surface area contributed by atoms with Gasteiger partial charge in [-0.05, 0) is 69.3 Å². The van der Waals surface area contributed by atoms with E-state index in [1.165, 1.54) is 30.4 Å². The molecule has 1 atom stereocenters. The number of Topliss-reactive ketones (excluding diaryl/α,β-unsaturated/α-hetero) is 1. The average molecular weight is 259 g/mol.